The van der Waals surface area contributed by atoms with Crippen LogP contribution in [0.2, 0.25) is 0 Å². The van der Waals surface area contributed by atoms with Gasteiger partial charge in [0, 0.05) is 13.6 Å². The molecule has 0 unspecified atom stereocenters. The Balaban J connectivity index is 2.05. The summed E-state index contributed by atoms with van der Waals surface area (Å²) in [5, 5.41) is 17.0. The zero-order chi connectivity index (χ0) is 15.1. The number of rotatable bonds is 5. The first kappa shape index (κ1) is 14.6. The minimum Gasteiger partial charge on any atom is -0.395 e. The van der Waals surface area contributed by atoms with Crippen molar-refractivity contribution < 1.29 is 5.11 Å². The third-order valence-electron chi connectivity index (χ3n) is 2.69. The molecule has 106 valence electrons. The van der Waals surface area contributed by atoms with E-state index in [1.165, 1.54) is 6.20 Å². The Morgan fingerprint density at radius 1 is 1.14 bits per heavy atom. The first-order valence-corrected chi connectivity index (χ1v) is 6.26. The maximum Gasteiger partial charge on any atom is 0.269 e. The van der Waals surface area contributed by atoms with Crippen molar-refractivity contribution in [1.82, 2.24) is 9.97 Å². The number of azo groups is 1. The number of aliphatic hydroxyl groups excluding tert-OH is 1. The van der Waals surface area contributed by atoms with Crippen molar-refractivity contribution >= 4 is 23.0 Å². The van der Waals surface area contributed by atoms with Crippen LogP contribution >= 0.6 is 0 Å². The van der Waals surface area contributed by atoms with Gasteiger partial charge in [0.1, 0.15) is 23.4 Å². The summed E-state index contributed by atoms with van der Waals surface area (Å²) in [6.07, 6.45) is 3.10. The molecule has 0 bridgehead atoms. The van der Waals surface area contributed by atoms with E-state index in [0.717, 1.165) is 5.82 Å². The van der Waals surface area contributed by atoms with E-state index in [1.54, 1.807) is 24.4 Å². The number of anilines is 1. The van der Waals surface area contributed by atoms with Gasteiger partial charge in [-0.1, -0.05) is 6.57 Å². The summed E-state index contributed by atoms with van der Waals surface area (Å²) in [6.45, 7) is 7.41. The second-order valence-electron chi connectivity index (χ2n) is 4.21. The molecule has 21 heavy (non-hydrogen) atoms. The average Bonchev–Trinajstić information content (AvgIpc) is 2.54. The van der Waals surface area contributed by atoms with Crippen LogP contribution in [0.5, 0.6) is 0 Å². The number of hydrogen-bond acceptors (Lipinski definition) is 6. The fraction of sp³-hybridized carbons (Fsp3) is 0.214. The van der Waals surface area contributed by atoms with E-state index in [2.05, 4.69) is 25.0 Å². The highest BCUT2D eigenvalue weighted by atomic mass is 16.3. The van der Waals surface area contributed by atoms with Crippen LogP contribution in [0.1, 0.15) is 0 Å². The fourth-order valence-corrected chi connectivity index (χ4v) is 1.55. The van der Waals surface area contributed by atoms with Crippen molar-refractivity contribution in [2.75, 3.05) is 25.1 Å². The third kappa shape index (κ3) is 4.06. The van der Waals surface area contributed by atoms with E-state index in [0.29, 0.717) is 23.7 Å². The Morgan fingerprint density at radius 3 is 2.29 bits per heavy atom. The summed E-state index contributed by atoms with van der Waals surface area (Å²) < 4.78 is 0. The molecular weight excluding hydrogens is 268 g/mol. The van der Waals surface area contributed by atoms with E-state index in [1.807, 2.05) is 18.0 Å². The SMILES string of the molecule is [C-]#[N+]c1ccc(N=Nc2ccc(N(C)CCO)nc2)cn1. The highest BCUT2D eigenvalue weighted by molar-refractivity contribution is 5.46. The van der Waals surface area contributed by atoms with E-state index < -0.39 is 0 Å². The summed E-state index contributed by atoms with van der Waals surface area (Å²) in [4.78, 5) is 13.2. The van der Waals surface area contributed by atoms with E-state index in [-0.39, 0.29) is 6.61 Å². The van der Waals surface area contributed by atoms with E-state index >= 15 is 0 Å². The first-order valence-electron chi connectivity index (χ1n) is 6.26. The van der Waals surface area contributed by atoms with Crippen LogP contribution in [0.25, 0.3) is 4.85 Å². The monoisotopic (exact) mass is 282 g/mol. The number of aromatic nitrogens is 2. The van der Waals surface area contributed by atoms with E-state index in [4.69, 9.17) is 11.7 Å². The molecule has 0 aromatic carbocycles. The molecule has 0 saturated carbocycles. The highest BCUT2D eigenvalue weighted by Gasteiger charge is 2.01. The second kappa shape index (κ2) is 7.07. The lowest BCUT2D eigenvalue weighted by Gasteiger charge is -2.15. The molecule has 0 saturated heterocycles. The van der Waals surface area contributed by atoms with Crippen molar-refractivity contribution in [3.05, 3.63) is 48.1 Å². The standard InChI is InChI=1S/C14H14N6O/c1-15-13-5-3-11(9-16-13)18-19-12-4-6-14(17-10-12)20(2)7-8-21/h3-6,9-10,21H,7-8H2,2H3. The maximum atomic E-state index is 8.87. The highest BCUT2D eigenvalue weighted by Crippen LogP contribution is 2.20. The number of aliphatic hydroxyl groups is 1. The minimum absolute atomic E-state index is 0.0766. The molecule has 0 radical (unpaired) electrons. The molecule has 2 aromatic heterocycles. The smallest absolute Gasteiger partial charge is 0.269 e. The van der Waals surface area contributed by atoms with Gasteiger partial charge in [0.05, 0.1) is 12.8 Å². The van der Waals surface area contributed by atoms with Gasteiger partial charge in [0.2, 0.25) is 0 Å². The Labute approximate surface area is 122 Å². The van der Waals surface area contributed by atoms with Crippen molar-refractivity contribution in [3.63, 3.8) is 0 Å². The Kier molecular flexibility index (Phi) is 4.90. The summed E-state index contributed by atoms with van der Waals surface area (Å²) >= 11 is 0. The van der Waals surface area contributed by atoms with Gasteiger partial charge >= 0.3 is 0 Å². The molecule has 2 rings (SSSR count). The Bertz CT molecular complexity index is 645. The van der Waals surface area contributed by atoms with Crippen LogP contribution in [0.4, 0.5) is 23.0 Å². The molecule has 7 nitrogen and oxygen atoms in total. The molecule has 0 spiro atoms. The normalized spacial score (nSPS) is 10.5. The van der Waals surface area contributed by atoms with Crippen LogP contribution in [-0.4, -0.2) is 35.3 Å². The number of hydrogen-bond donors (Lipinski definition) is 1. The molecule has 1 N–H and O–H groups in total. The van der Waals surface area contributed by atoms with Gasteiger partial charge < -0.3 is 14.9 Å². The Hall–Kier alpha value is -2.85. The predicted octanol–water partition coefficient (Wildman–Crippen LogP) is 2.87. The third-order valence-corrected chi connectivity index (χ3v) is 2.69. The molecule has 0 aliphatic heterocycles. The molecule has 0 amide bonds. The molecule has 7 heteroatoms. The average molecular weight is 282 g/mol. The van der Waals surface area contributed by atoms with Gasteiger partial charge in [-0.2, -0.15) is 0 Å². The van der Waals surface area contributed by atoms with Crippen molar-refractivity contribution in [1.29, 1.82) is 0 Å². The van der Waals surface area contributed by atoms with Crippen LogP contribution in [0.15, 0.2) is 46.9 Å². The zero-order valence-electron chi connectivity index (χ0n) is 11.5. The van der Waals surface area contributed by atoms with E-state index in [9.17, 15) is 0 Å². The largest absolute Gasteiger partial charge is 0.395 e. The maximum absolute atomic E-state index is 8.87. The predicted molar refractivity (Wildman–Crippen MR) is 79.3 cm³/mol. The van der Waals surface area contributed by atoms with Crippen LogP contribution in [0, 0.1) is 6.57 Å². The summed E-state index contributed by atoms with van der Waals surface area (Å²) in [5.74, 6) is 1.08. The number of pyridine rings is 2. The first-order chi connectivity index (χ1) is 10.2. The molecule has 2 heterocycles. The van der Waals surface area contributed by atoms with Crippen molar-refractivity contribution in [2.45, 2.75) is 0 Å². The van der Waals surface area contributed by atoms with Crippen LogP contribution in [-0.2, 0) is 0 Å². The number of nitrogens with zero attached hydrogens (tertiary/aromatic N) is 6. The van der Waals surface area contributed by atoms with Gasteiger partial charge in [0.15, 0.2) is 0 Å². The molecule has 0 aliphatic carbocycles. The lowest BCUT2D eigenvalue weighted by Crippen LogP contribution is -2.21. The van der Waals surface area contributed by atoms with Gasteiger partial charge in [-0.25, -0.2) is 4.98 Å². The fourth-order valence-electron chi connectivity index (χ4n) is 1.55. The van der Waals surface area contributed by atoms with Crippen molar-refractivity contribution in [2.24, 2.45) is 10.2 Å². The summed E-state index contributed by atoms with van der Waals surface area (Å²) in [7, 11) is 1.85. The molecule has 0 aliphatic rings. The van der Waals surface area contributed by atoms with Crippen molar-refractivity contribution in [3.8, 4) is 0 Å². The van der Waals surface area contributed by atoms with Gasteiger partial charge in [-0.05, 0) is 24.3 Å². The lowest BCUT2D eigenvalue weighted by atomic mass is 10.4. The summed E-state index contributed by atoms with van der Waals surface area (Å²) in [6, 6.07) is 6.87. The van der Waals surface area contributed by atoms with Crippen LogP contribution < -0.4 is 4.90 Å². The van der Waals surface area contributed by atoms with Gasteiger partial charge in [-0.15, -0.1) is 15.2 Å². The number of likely N-dealkylation sites (N-methyl/N-ethyl adjacent to an activating group) is 1. The molecular formula is C14H14N6O. The topological polar surface area (TPSA) is 78.3 Å². The van der Waals surface area contributed by atoms with Gasteiger partial charge in [-0.3, -0.25) is 0 Å². The zero-order valence-corrected chi connectivity index (χ0v) is 11.5. The van der Waals surface area contributed by atoms with Gasteiger partial charge in [0.25, 0.3) is 5.82 Å². The quantitative estimate of drug-likeness (QED) is 0.675. The lowest BCUT2D eigenvalue weighted by molar-refractivity contribution is 0.304. The van der Waals surface area contributed by atoms with Crippen LogP contribution in [0.3, 0.4) is 0 Å². The molecule has 0 atom stereocenters. The second-order valence-corrected chi connectivity index (χ2v) is 4.21. The molecule has 2 aromatic rings. The Morgan fingerprint density at radius 2 is 1.81 bits per heavy atom. The minimum atomic E-state index is 0.0766. The summed E-state index contributed by atoms with van der Waals surface area (Å²) in [5.41, 5.74) is 1.19. The molecule has 0 fully saturated rings.